The largest absolute Gasteiger partial charge is 0.320 e. The van der Waals surface area contributed by atoms with Crippen molar-refractivity contribution in [1.82, 2.24) is 15.5 Å². The van der Waals surface area contributed by atoms with Gasteiger partial charge in [0.1, 0.15) is 0 Å². The van der Waals surface area contributed by atoms with Crippen LogP contribution in [0, 0.1) is 0 Å². The van der Waals surface area contributed by atoms with Crippen LogP contribution in [0.25, 0.3) is 0 Å². The topological polar surface area (TPSA) is 40.7 Å². The predicted molar refractivity (Wildman–Crippen MR) is 62.0 cm³/mol. The maximum Gasteiger partial charge on any atom is 0.0655 e. The summed E-state index contributed by atoms with van der Waals surface area (Å²) in [7, 11) is 2.00. The molecule has 0 radical (unpaired) electrons. The van der Waals surface area contributed by atoms with Crippen LogP contribution in [0.1, 0.15) is 49.4 Å². The summed E-state index contributed by atoms with van der Waals surface area (Å²) in [6.45, 7) is 1.08. The van der Waals surface area contributed by atoms with Gasteiger partial charge in [-0.15, -0.1) is 0 Å². The van der Waals surface area contributed by atoms with Crippen molar-refractivity contribution in [2.24, 2.45) is 0 Å². The minimum Gasteiger partial charge on any atom is -0.320 e. The third kappa shape index (κ3) is 2.81. The fourth-order valence-corrected chi connectivity index (χ4v) is 2.39. The van der Waals surface area contributed by atoms with Crippen LogP contribution in [0.15, 0.2) is 6.07 Å². The molecule has 1 fully saturated rings. The highest BCUT2D eigenvalue weighted by molar-refractivity contribution is 5.14. The van der Waals surface area contributed by atoms with E-state index in [-0.39, 0.29) is 0 Å². The van der Waals surface area contributed by atoms with Gasteiger partial charge in [-0.1, -0.05) is 12.8 Å². The van der Waals surface area contributed by atoms with Crippen molar-refractivity contribution in [3.63, 3.8) is 0 Å². The van der Waals surface area contributed by atoms with E-state index in [2.05, 4.69) is 21.6 Å². The van der Waals surface area contributed by atoms with Gasteiger partial charge in [-0.3, -0.25) is 5.10 Å². The van der Waals surface area contributed by atoms with Gasteiger partial charge in [-0.2, -0.15) is 5.10 Å². The van der Waals surface area contributed by atoms with Crippen LogP contribution in [0.3, 0.4) is 0 Å². The summed E-state index contributed by atoms with van der Waals surface area (Å²) in [6.07, 6.45) is 7.73. The zero-order chi connectivity index (χ0) is 10.5. The Kier molecular flexibility index (Phi) is 3.78. The van der Waals surface area contributed by atoms with E-state index in [9.17, 15) is 0 Å². The van der Waals surface area contributed by atoms with Crippen LogP contribution < -0.4 is 5.32 Å². The molecule has 0 aromatic carbocycles. The Morgan fingerprint density at radius 1 is 1.47 bits per heavy atom. The normalized spacial score (nSPS) is 17.4. The Balaban J connectivity index is 1.86. The molecule has 0 bridgehead atoms. The number of rotatable bonds is 5. The number of hydrogen-bond acceptors (Lipinski definition) is 2. The van der Waals surface area contributed by atoms with Crippen LogP contribution in [0.2, 0.25) is 0 Å². The lowest BCUT2D eigenvalue weighted by Crippen LogP contribution is -2.08. The first kappa shape index (κ1) is 10.7. The lowest BCUT2D eigenvalue weighted by molar-refractivity contribution is 0.691. The first-order valence-corrected chi connectivity index (χ1v) is 6.09. The van der Waals surface area contributed by atoms with Crippen molar-refractivity contribution in [1.29, 1.82) is 0 Å². The van der Waals surface area contributed by atoms with Crippen molar-refractivity contribution in [3.05, 3.63) is 17.5 Å². The van der Waals surface area contributed by atoms with Crippen LogP contribution in [-0.2, 0) is 6.42 Å². The Morgan fingerprint density at radius 3 is 3.00 bits per heavy atom. The quantitative estimate of drug-likeness (QED) is 0.727. The highest BCUT2D eigenvalue weighted by Gasteiger charge is 2.19. The lowest BCUT2D eigenvalue weighted by Gasteiger charge is -2.02. The second kappa shape index (κ2) is 5.31. The molecular weight excluding hydrogens is 186 g/mol. The smallest absolute Gasteiger partial charge is 0.0655 e. The summed E-state index contributed by atoms with van der Waals surface area (Å²) < 4.78 is 0. The molecule has 1 heterocycles. The molecule has 1 aliphatic rings. The predicted octanol–water partition coefficient (Wildman–Crippen LogP) is 2.22. The average Bonchev–Trinajstić information content (AvgIpc) is 2.87. The van der Waals surface area contributed by atoms with Crippen molar-refractivity contribution in [3.8, 4) is 0 Å². The van der Waals surface area contributed by atoms with Gasteiger partial charge in [0.25, 0.3) is 0 Å². The molecule has 1 aromatic rings. The molecular formula is C12H21N3. The maximum absolute atomic E-state index is 4.43. The lowest BCUT2D eigenvalue weighted by atomic mass is 10.0. The van der Waals surface area contributed by atoms with Gasteiger partial charge in [0.2, 0.25) is 0 Å². The van der Waals surface area contributed by atoms with Gasteiger partial charge in [-0.05, 0) is 45.3 Å². The number of nitrogens with one attached hydrogen (secondary N) is 2. The zero-order valence-electron chi connectivity index (χ0n) is 9.55. The minimum absolute atomic E-state index is 0.735. The molecule has 3 heteroatoms. The third-order valence-electron chi connectivity index (χ3n) is 3.30. The fraction of sp³-hybridized carbons (Fsp3) is 0.750. The van der Waals surface area contributed by atoms with Gasteiger partial charge in [0.15, 0.2) is 0 Å². The number of aromatic nitrogens is 2. The first-order chi connectivity index (χ1) is 7.40. The molecule has 84 valence electrons. The Morgan fingerprint density at radius 2 is 2.27 bits per heavy atom. The molecule has 0 aliphatic heterocycles. The summed E-state index contributed by atoms with van der Waals surface area (Å²) in [4.78, 5) is 0. The standard InChI is InChI=1S/C12H21N3/c1-13-8-4-7-11-9-12(15-14-11)10-5-2-3-6-10/h9-10,13H,2-8H2,1H3,(H,14,15). The van der Waals surface area contributed by atoms with Crippen molar-refractivity contribution in [2.75, 3.05) is 13.6 Å². The molecule has 15 heavy (non-hydrogen) atoms. The highest BCUT2D eigenvalue weighted by Crippen LogP contribution is 2.33. The van der Waals surface area contributed by atoms with Crippen LogP contribution in [0.4, 0.5) is 0 Å². The number of nitrogens with zero attached hydrogens (tertiary/aromatic N) is 1. The third-order valence-corrected chi connectivity index (χ3v) is 3.30. The average molecular weight is 207 g/mol. The monoisotopic (exact) mass is 207 g/mol. The van der Waals surface area contributed by atoms with Crippen molar-refractivity contribution < 1.29 is 0 Å². The van der Waals surface area contributed by atoms with E-state index in [1.807, 2.05) is 7.05 Å². The summed E-state index contributed by atoms with van der Waals surface area (Å²) in [6, 6.07) is 2.27. The minimum atomic E-state index is 0.735. The van der Waals surface area contributed by atoms with Crippen molar-refractivity contribution >= 4 is 0 Å². The highest BCUT2D eigenvalue weighted by atomic mass is 15.1. The maximum atomic E-state index is 4.43. The van der Waals surface area contributed by atoms with Crippen molar-refractivity contribution in [2.45, 2.75) is 44.4 Å². The molecule has 2 N–H and O–H groups in total. The number of aromatic amines is 1. The van der Waals surface area contributed by atoms with E-state index in [0.29, 0.717) is 0 Å². The summed E-state index contributed by atoms with van der Waals surface area (Å²) in [5, 5.41) is 10.8. The summed E-state index contributed by atoms with van der Waals surface area (Å²) in [5.74, 6) is 0.735. The van der Waals surface area contributed by atoms with E-state index < -0.39 is 0 Å². The molecule has 0 unspecified atom stereocenters. The molecule has 1 saturated carbocycles. The van der Waals surface area contributed by atoms with Gasteiger partial charge >= 0.3 is 0 Å². The Bertz CT molecular complexity index is 287. The molecule has 0 spiro atoms. The summed E-state index contributed by atoms with van der Waals surface area (Å²) in [5.41, 5.74) is 2.60. The van der Waals surface area contributed by atoms with E-state index in [0.717, 1.165) is 18.9 Å². The van der Waals surface area contributed by atoms with E-state index in [4.69, 9.17) is 0 Å². The van der Waals surface area contributed by atoms with E-state index >= 15 is 0 Å². The van der Waals surface area contributed by atoms with Crippen LogP contribution in [-0.4, -0.2) is 23.8 Å². The molecule has 1 aliphatic carbocycles. The van der Waals surface area contributed by atoms with Gasteiger partial charge < -0.3 is 5.32 Å². The Labute approximate surface area is 91.7 Å². The molecule has 1 aromatic heterocycles. The molecule has 2 rings (SSSR count). The summed E-state index contributed by atoms with van der Waals surface area (Å²) >= 11 is 0. The van der Waals surface area contributed by atoms with Crippen LogP contribution in [0.5, 0.6) is 0 Å². The van der Waals surface area contributed by atoms with Gasteiger partial charge in [0, 0.05) is 11.6 Å². The van der Waals surface area contributed by atoms with Gasteiger partial charge in [0.05, 0.1) is 5.69 Å². The second-order valence-corrected chi connectivity index (χ2v) is 4.51. The number of H-pyrrole nitrogens is 1. The molecule has 3 nitrogen and oxygen atoms in total. The SMILES string of the molecule is CNCCCc1cc(C2CCCC2)n[nH]1. The molecule has 0 atom stereocenters. The molecule has 0 amide bonds. The van der Waals surface area contributed by atoms with Gasteiger partial charge in [-0.25, -0.2) is 0 Å². The van der Waals surface area contributed by atoms with E-state index in [1.54, 1.807) is 0 Å². The zero-order valence-corrected chi connectivity index (χ0v) is 9.55. The fourth-order valence-electron chi connectivity index (χ4n) is 2.39. The molecule has 0 saturated heterocycles. The number of aryl methyl sites for hydroxylation is 1. The second-order valence-electron chi connectivity index (χ2n) is 4.51. The van der Waals surface area contributed by atoms with Crippen LogP contribution >= 0.6 is 0 Å². The Hall–Kier alpha value is -0.830. The first-order valence-electron chi connectivity index (χ1n) is 6.09. The van der Waals surface area contributed by atoms with E-state index in [1.165, 1.54) is 43.5 Å². The number of hydrogen-bond donors (Lipinski definition) is 2.